The van der Waals surface area contributed by atoms with Gasteiger partial charge in [-0.25, -0.2) is 4.98 Å². The highest BCUT2D eigenvalue weighted by molar-refractivity contribution is 7.99. The molecule has 1 aromatic carbocycles. The molecule has 138 valence electrons. The van der Waals surface area contributed by atoms with Gasteiger partial charge in [0.1, 0.15) is 6.54 Å². The third kappa shape index (κ3) is 4.07. The molecule has 1 fully saturated rings. The molecule has 1 amide bonds. The van der Waals surface area contributed by atoms with Crippen LogP contribution < -0.4 is 5.56 Å². The lowest BCUT2D eigenvalue weighted by Crippen LogP contribution is -2.37. The van der Waals surface area contributed by atoms with Crippen molar-refractivity contribution in [2.24, 2.45) is 0 Å². The summed E-state index contributed by atoms with van der Waals surface area (Å²) in [6.07, 6.45) is 3.21. The van der Waals surface area contributed by atoms with Gasteiger partial charge in [0.2, 0.25) is 5.91 Å². The number of carbonyl (C=O) groups excluding carboxylic acids is 2. The quantitative estimate of drug-likeness (QED) is 0.449. The number of para-hydroxylation sites is 1. The zero-order valence-corrected chi connectivity index (χ0v) is 15.5. The van der Waals surface area contributed by atoms with Gasteiger partial charge in [-0.05, 0) is 31.4 Å². The first kappa shape index (κ1) is 18.4. The predicted molar refractivity (Wildman–Crippen MR) is 99.2 cm³/mol. The van der Waals surface area contributed by atoms with Crippen LogP contribution in [-0.2, 0) is 20.9 Å². The first-order valence-electron chi connectivity index (χ1n) is 8.57. The predicted octanol–water partition coefficient (Wildman–Crippen LogP) is 1.67. The van der Waals surface area contributed by atoms with Crippen molar-refractivity contribution in [3.8, 4) is 0 Å². The van der Waals surface area contributed by atoms with E-state index >= 15 is 0 Å². The molecule has 2 aromatic rings. The molecular weight excluding hydrogens is 354 g/mol. The molecule has 0 bridgehead atoms. The summed E-state index contributed by atoms with van der Waals surface area (Å²) >= 11 is 1.18. The molecule has 0 N–H and O–H groups in total. The number of likely N-dealkylation sites (tertiary alicyclic amines) is 1. The zero-order valence-electron chi connectivity index (χ0n) is 14.6. The minimum absolute atomic E-state index is 0.0294. The Morgan fingerprint density at radius 1 is 1.19 bits per heavy atom. The molecule has 1 aromatic heterocycles. The van der Waals surface area contributed by atoms with Crippen LogP contribution in [0.1, 0.15) is 19.3 Å². The molecule has 1 saturated heterocycles. The Bertz CT molecular complexity index is 874. The van der Waals surface area contributed by atoms with Gasteiger partial charge in [-0.15, -0.1) is 0 Å². The van der Waals surface area contributed by atoms with E-state index in [2.05, 4.69) is 9.72 Å². The number of hydrogen-bond donors (Lipinski definition) is 0. The van der Waals surface area contributed by atoms with E-state index in [1.54, 1.807) is 24.3 Å². The van der Waals surface area contributed by atoms with Crippen molar-refractivity contribution in [1.82, 2.24) is 14.5 Å². The van der Waals surface area contributed by atoms with Crippen molar-refractivity contribution >= 4 is 34.5 Å². The van der Waals surface area contributed by atoms with Crippen LogP contribution in [0.4, 0.5) is 0 Å². The number of carbonyl (C=O) groups is 2. The van der Waals surface area contributed by atoms with E-state index in [0.717, 1.165) is 32.4 Å². The second-order valence-corrected chi connectivity index (χ2v) is 7.05. The molecule has 0 spiro atoms. The normalized spacial score (nSPS) is 14.4. The maximum absolute atomic E-state index is 12.8. The van der Waals surface area contributed by atoms with E-state index in [0.29, 0.717) is 16.1 Å². The van der Waals surface area contributed by atoms with Gasteiger partial charge in [-0.2, -0.15) is 0 Å². The summed E-state index contributed by atoms with van der Waals surface area (Å²) in [6.45, 7) is 1.33. The van der Waals surface area contributed by atoms with Crippen molar-refractivity contribution in [2.75, 3.05) is 26.0 Å². The van der Waals surface area contributed by atoms with Crippen LogP contribution in [0.5, 0.6) is 0 Å². The second-order valence-electron chi connectivity index (χ2n) is 6.11. The maximum Gasteiger partial charge on any atom is 0.325 e. The van der Waals surface area contributed by atoms with Gasteiger partial charge in [-0.1, -0.05) is 23.9 Å². The smallest absolute Gasteiger partial charge is 0.325 e. The Balaban J connectivity index is 1.87. The number of esters is 1. The van der Waals surface area contributed by atoms with Crippen molar-refractivity contribution in [2.45, 2.75) is 31.0 Å². The molecule has 0 saturated carbocycles. The fraction of sp³-hybridized carbons (Fsp3) is 0.444. The first-order chi connectivity index (χ1) is 12.6. The number of fused-ring (bicyclic) bond motifs is 1. The third-order valence-electron chi connectivity index (χ3n) is 4.38. The molecule has 0 radical (unpaired) electrons. The topological polar surface area (TPSA) is 81.5 Å². The van der Waals surface area contributed by atoms with Gasteiger partial charge in [0.25, 0.3) is 5.56 Å². The summed E-state index contributed by atoms with van der Waals surface area (Å²) in [5.74, 6) is -0.318. The summed E-state index contributed by atoms with van der Waals surface area (Å²) in [4.78, 5) is 43.2. The number of methoxy groups -OCH3 is 1. The lowest BCUT2D eigenvalue weighted by atomic mass is 10.1. The minimum Gasteiger partial charge on any atom is -0.468 e. The SMILES string of the molecule is COC(=O)Cn1c(SCC(=O)N2CCCCC2)nc2ccccc2c1=O. The van der Waals surface area contributed by atoms with Gasteiger partial charge in [-0.3, -0.25) is 19.0 Å². The Morgan fingerprint density at radius 3 is 2.65 bits per heavy atom. The van der Waals surface area contributed by atoms with E-state index in [-0.39, 0.29) is 23.8 Å². The summed E-state index contributed by atoms with van der Waals surface area (Å²) in [6, 6.07) is 6.97. The average Bonchev–Trinajstić information content (AvgIpc) is 2.69. The third-order valence-corrected chi connectivity index (χ3v) is 5.34. The minimum atomic E-state index is -0.534. The van der Waals surface area contributed by atoms with Crippen molar-refractivity contribution in [3.05, 3.63) is 34.6 Å². The highest BCUT2D eigenvalue weighted by atomic mass is 32.2. The number of benzene rings is 1. The van der Waals surface area contributed by atoms with E-state index in [4.69, 9.17) is 0 Å². The molecule has 1 aliphatic heterocycles. The number of ether oxygens (including phenoxy) is 1. The lowest BCUT2D eigenvalue weighted by Gasteiger charge is -2.26. The molecule has 26 heavy (non-hydrogen) atoms. The lowest BCUT2D eigenvalue weighted by molar-refractivity contribution is -0.141. The van der Waals surface area contributed by atoms with Crippen molar-refractivity contribution < 1.29 is 14.3 Å². The van der Waals surface area contributed by atoms with Gasteiger partial charge in [0, 0.05) is 13.1 Å². The van der Waals surface area contributed by atoms with E-state index < -0.39 is 5.97 Å². The number of rotatable bonds is 5. The van der Waals surface area contributed by atoms with E-state index in [9.17, 15) is 14.4 Å². The van der Waals surface area contributed by atoms with Crippen molar-refractivity contribution in [3.63, 3.8) is 0 Å². The fourth-order valence-electron chi connectivity index (χ4n) is 2.95. The monoisotopic (exact) mass is 375 g/mol. The number of hydrogen-bond acceptors (Lipinski definition) is 6. The number of amides is 1. The van der Waals surface area contributed by atoms with Crippen LogP contribution in [0.25, 0.3) is 10.9 Å². The van der Waals surface area contributed by atoms with Crippen molar-refractivity contribution in [1.29, 1.82) is 0 Å². The summed E-state index contributed by atoms with van der Waals surface area (Å²) < 4.78 is 5.97. The van der Waals surface area contributed by atoms with Crippen LogP contribution in [0.3, 0.4) is 0 Å². The van der Waals surface area contributed by atoms with Gasteiger partial charge in [0.05, 0.1) is 23.8 Å². The summed E-state index contributed by atoms with van der Waals surface area (Å²) in [7, 11) is 1.27. The van der Waals surface area contributed by atoms with Crippen LogP contribution >= 0.6 is 11.8 Å². The van der Waals surface area contributed by atoms with Crippen LogP contribution in [-0.4, -0.2) is 52.3 Å². The maximum atomic E-state index is 12.8. The number of piperidine rings is 1. The molecular formula is C18H21N3O4S. The van der Waals surface area contributed by atoms with Gasteiger partial charge >= 0.3 is 5.97 Å². The molecule has 7 nitrogen and oxygen atoms in total. The Kier molecular flexibility index (Phi) is 5.92. The number of thioether (sulfide) groups is 1. The second kappa shape index (κ2) is 8.35. The summed E-state index contributed by atoms with van der Waals surface area (Å²) in [5.41, 5.74) is 0.237. The van der Waals surface area contributed by atoms with Crippen LogP contribution in [0.15, 0.2) is 34.2 Å². The van der Waals surface area contributed by atoms with Gasteiger partial charge in [0.15, 0.2) is 5.16 Å². The standard InChI is InChI=1S/C18H21N3O4S/c1-25-16(23)11-21-17(24)13-7-3-4-8-14(13)19-18(21)26-12-15(22)20-9-5-2-6-10-20/h3-4,7-8H,2,5-6,9-12H2,1H3. The Morgan fingerprint density at radius 2 is 1.92 bits per heavy atom. The van der Waals surface area contributed by atoms with Crippen LogP contribution in [0.2, 0.25) is 0 Å². The molecule has 1 aliphatic rings. The molecule has 3 rings (SSSR count). The molecule has 0 unspecified atom stereocenters. The average molecular weight is 375 g/mol. The number of nitrogens with zero attached hydrogens (tertiary/aromatic N) is 3. The van der Waals surface area contributed by atoms with Gasteiger partial charge < -0.3 is 9.64 Å². The molecule has 8 heteroatoms. The summed E-state index contributed by atoms with van der Waals surface area (Å²) in [5, 5.41) is 0.785. The largest absolute Gasteiger partial charge is 0.468 e. The first-order valence-corrected chi connectivity index (χ1v) is 9.55. The van der Waals surface area contributed by atoms with E-state index in [1.165, 1.54) is 23.4 Å². The highest BCUT2D eigenvalue weighted by Crippen LogP contribution is 2.19. The fourth-order valence-corrected chi connectivity index (χ4v) is 3.85. The number of aromatic nitrogens is 2. The molecule has 0 aliphatic carbocycles. The molecule has 2 heterocycles. The Labute approximate surface area is 155 Å². The molecule has 0 atom stereocenters. The van der Waals surface area contributed by atoms with Crippen LogP contribution in [0, 0.1) is 0 Å². The zero-order chi connectivity index (χ0) is 18.5. The Hall–Kier alpha value is -2.35. The highest BCUT2D eigenvalue weighted by Gasteiger charge is 2.19. The van der Waals surface area contributed by atoms with E-state index in [1.807, 2.05) is 4.90 Å².